The Morgan fingerprint density at radius 2 is 1.68 bits per heavy atom. The minimum Gasteiger partial charge on any atom is -0.400 e. The first kappa shape index (κ1) is 25.8. The first-order chi connectivity index (χ1) is 16.7. The summed E-state index contributed by atoms with van der Waals surface area (Å²) in [5.41, 5.74) is 8.16. The lowest BCUT2D eigenvalue weighted by atomic mass is 10.0. The van der Waals surface area contributed by atoms with E-state index in [9.17, 15) is 5.11 Å². The van der Waals surface area contributed by atoms with E-state index in [1.807, 2.05) is 42.7 Å². The summed E-state index contributed by atoms with van der Waals surface area (Å²) in [6.07, 6.45) is 3.99. The van der Waals surface area contributed by atoms with Crippen molar-refractivity contribution in [3.63, 3.8) is 0 Å². The summed E-state index contributed by atoms with van der Waals surface area (Å²) < 4.78 is 3.46. The zero-order valence-electron chi connectivity index (χ0n) is 19.4. The second-order valence-corrected chi connectivity index (χ2v) is 8.66. The summed E-state index contributed by atoms with van der Waals surface area (Å²) in [6.45, 7) is 2.41. The Morgan fingerprint density at radius 1 is 0.912 bits per heavy atom. The van der Waals surface area contributed by atoms with Gasteiger partial charge >= 0.3 is 0 Å². The SMILES string of the molecule is CO.[NH3+]c1ccc(C(O)CCNCCNSc2cc(-c3ccccc3)cc3cnccc23)cc1. The molecular weight excluding hydrogens is 444 g/mol. The van der Waals surface area contributed by atoms with Crippen LogP contribution < -0.4 is 15.8 Å². The highest BCUT2D eigenvalue weighted by Crippen LogP contribution is 2.32. The van der Waals surface area contributed by atoms with E-state index in [-0.39, 0.29) is 0 Å². The molecule has 0 saturated carbocycles. The van der Waals surface area contributed by atoms with Gasteiger partial charge in [0.2, 0.25) is 0 Å². The second kappa shape index (κ2) is 13.8. The maximum atomic E-state index is 10.3. The highest BCUT2D eigenvalue weighted by molar-refractivity contribution is 7.97. The monoisotopic (exact) mass is 477 g/mol. The zero-order chi connectivity index (χ0) is 24.2. The van der Waals surface area contributed by atoms with Crippen molar-refractivity contribution in [3.05, 3.63) is 90.8 Å². The fourth-order valence-electron chi connectivity index (χ4n) is 3.59. The van der Waals surface area contributed by atoms with Gasteiger partial charge in [0, 0.05) is 42.9 Å². The standard InChI is InChI=1S/C26H28N4OS.CH4O/c27-23-8-6-20(7-9-23)25(31)11-13-28-14-15-30-32-26-17-21(19-4-2-1-3-5-19)16-22-18-29-12-10-24(22)26;1-2/h1-10,12,16-18,25,28,30-31H,11,13-15,27H2;2H,1H3/p+1. The molecule has 0 spiro atoms. The van der Waals surface area contributed by atoms with E-state index in [0.717, 1.165) is 43.4 Å². The van der Waals surface area contributed by atoms with Gasteiger partial charge in [-0.2, -0.15) is 0 Å². The largest absolute Gasteiger partial charge is 0.400 e. The average molecular weight is 478 g/mol. The third-order valence-corrected chi connectivity index (χ3v) is 6.27. The lowest BCUT2D eigenvalue weighted by Crippen LogP contribution is -2.39. The molecule has 4 rings (SSSR count). The molecule has 4 aromatic rings. The fraction of sp³-hybridized carbons (Fsp3) is 0.222. The van der Waals surface area contributed by atoms with E-state index in [4.69, 9.17) is 5.11 Å². The number of nitrogens with one attached hydrogen (secondary N) is 2. The Hall–Kier alpha value is -2.78. The normalized spacial score (nSPS) is 11.6. The molecule has 1 atom stereocenters. The molecule has 0 aliphatic rings. The fourth-order valence-corrected chi connectivity index (χ4v) is 4.44. The van der Waals surface area contributed by atoms with Crippen molar-refractivity contribution in [2.45, 2.75) is 17.4 Å². The number of fused-ring (bicyclic) bond motifs is 1. The van der Waals surface area contributed by atoms with Crippen LogP contribution in [0.4, 0.5) is 5.69 Å². The summed E-state index contributed by atoms with van der Waals surface area (Å²) in [6, 6.07) is 24.6. The van der Waals surface area contributed by atoms with Crippen LogP contribution >= 0.6 is 11.9 Å². The number of pyridine rings is 1. The average Bonchev–Trinajstić information content (AvgIpc) is 2.90. The third-order valence-electron chi connectivity index (χ3n) is 5.37. The first-order valence-electron chi connectivity index (χ1n) is 11.3. The third kappa shape index (κ3) is 7.36. The molecule has 1 aromatic heterocycles. The van der Waals surface area contributed by atoms with E-state index in [0.29, 0.717) is 6.42 Å². The van der Waals surface area contributed by atoms with Crippen molar-refractivity contribution in [2.75, 3.05) is 26.7 Å². The molecule has 34 heavy (non-hydrogen) atoms. The molecule has 1 unspecified atom stereocenters. The van der Waals surface area contributed by atoms with Crippen molar-refractivity contribution in [1.82, 2.24) is 15.0 Å². The lowest BCUT2D eigenvalue weighted by Gasteiger charge is -2.13. The number of nitrogens with zero attached hydrogens (tertiary/aromatic N) is 1. The van der Waals surface area contributed by atoms with Gasteiger partial charge < -0.3 is 21.3 Å². The molecule has 7 N–H and O–H groups in total. The molecule has 0 fully saturated rings. The molecule has 1 heterocycles. The first-order valence-corrected chi connectivity index (χ1v) is 12.1. The van der Waals surface area contributed by atoms with Gasteiger partial charge in [-0.1, -0.05) is 42.5 Å². The van der Waals surface area contributed by atoms with E-state index < -0.39 is 6.10 Å². The molecule has 0 bridgehead atoms. The lowest BCUT2D eigenvalue weighted by molar-refractivity contribution is -0.254. The van der Waals surface area contributed by atoms with Crippen LogP contribution in [-0.4, -0.2) is 41.9 Å². The zero-order valence-corrected chi connectivity index (χ0v) is 20.3. The molecule has 0 amide bonds. The van der Waals surface area contributed by atoms with E-state index >= 15 is 0 Å². The maximum Gasteiger partial charge on any atom is 0.127 e. The number of rotatable bonds is 10. The van der Waals surface area contributed by atoms with Gasteiger partial charge in [0.15, 0.2) is 0 Å². The number of quaternary nitrogens is 1. The summed E-state index contributed by atoms with van der Waals surface area (Å²) in [7, 11) is 1.00. The van der Waals surface area contributed by atoms with E-state index in [1.165, 1.54) is 21.4 Å². The Balaban J connectivity index is 0.00000158. The number of benzene rings is 3. The smallest absolute Gasteiger partial charge is 0.127 e. The molecule has 0 saturated heterocycles. The minimum absolute atomic E-state index is 0.453. The minimum atomic E-state index is -0.453. The molecule has 0 aliphatic heterocycles. The van der Waals surface area contributed by atoms with Crippen molar-refractivity contribution in [1.29, 1.82) is 0 Å². The van der Waals surface area contributed by atoms with Crippen molar-refractivity contribution >= 4 is 28.4 Å². The topological polar surface area (TPSA) is 105 Å². The molecule has 3 aromatic carbocycles. The molecule has 0 aliphatic carbocycles. The Kier molecular flexibility index (Phi) is 10.5. The van der Waals surface area contributed by atoms with Gasteiger partial charge in [0.1, 0.15) is 5.69 Å². The molecule has 178 valence electrons. The predicted octanol–water partition coefficient (Wildman–Crippen LogP) is 3.69. The second-order valence-electron chi connectivity index (χ2n) is 7.73. The Labute approximate surface area is 205 Å². The van der Waals surface area contributed by atoms with Crippen LogP contribution in [0.5, 0.6) is 0 Å². The molecule has 7 heteroatoms. The number of aromatic nitrogens is 1. The summed E-state index contributed by atoms with van der Waals surface area (Å²) in [4.78, 5) is 5.48. The maximum absolute atomic E-state index is 10.3. The van der Waals surface area contributed by atoms with Gasteiger partial charge in [-0.25, -0.2) is 0 Å². The molecule has 0 radical (unpaired) electrons. The van der Waals surface area contributed by atoms with Crippen LogP contribution in [0.2, 0.25) is 0 Å². The number of aliphatic hydroxyl groups excluding tert-OH is 2. The van der Waals surface area contributed by atoms with Crippen LogP contribution in [0.25, 0.3) is 21.9 Å². The van der Waals surface area contributed by atoms with Crippen molar-refractivity contribution in [2.24, 2.45) is 0 Å². The van der Waals surface area contributed by atoms with Crippen LogP contribution in [0.3, 0.4) is 0 Å². The highest BCUT2D eigenvalue weighted by Gasteiger charge is 2.08. The predicted molar refractivity (Wildman–Crippen MR) is 141 cm³/mol. The van der Waals surface area contributed by atoms with Crippen LogP contribution in [-0.2, 0) is 0 Å². The van der Waals surface area contributed by atoms with Crippen molar-refractivity contribution < 1.29 is 15.9 Å². The van der Waals surface area contributed by atoms with Gasteiger partial charge in [-0.05, 0) is 77.3 Å². The van der Waals surface area contributed by atoms with Crippen molar-refractivity contribution in [3.8, 4) is 11.1 Å². The number of aliphatic hydroxyl groups is 2. The summed E-state index contributed by atoms with van der Waals surface area (Å²) in [5, 5.41) is 23.0. The number of hydrogen-bond acceptors (Lipinski definition) is 6. The van der Waals surface area contributed by atoms with Gasteiger partial charge in [0.25, 0.3) is 0 Å². The van der Waals surface area contributed by atoms with E-state index in [2.05, 4.69) is 63.2 Å². The van der Waals surface area contributed by atoms with Gasteiger partial charge in [0.05, 0.1) is 6.10 Å². The summed E-state index contributed by atoms with van der Waals surface area (Å²) in [5.74, 6) is 0. The van der Waals surface area contributed by atoms with Crippen LogP contribution in [0.15, 0.2) is 90.1 Å². The summed E-state index contributed by atoms with van der Waals surface area (Å²) >= 11 is 1.65. The van der Waals surface area contributed by atoms with E-state index in [1.54, 1.807) is 11.9 Å². The van der Waals surface area contributed by atoms with Gasteiger partial charge in [-0.15, -0.1) is 0 Å². The molecular formula is C27H33N4O2S+. The van der Waals surface area contributed by atoms with Gasteiger partial charge in [-0.3, -0.25) is 9.71 Å². The molecule has 6 nitrogen and oxygen atoms in total. The van der Waals surface area contributed by atoms with Crippen LogP contribution in [0.1, 0.15) is 18.1 Å². The Bertz CT molecular complexity index is 1140. The quantitative estimate of drug-likeness (QED) is 0.176. The van der Waals surface area contributed by atoms with Crippen LogP contribution in [0, 0.1) is 0 Å². The highest BCUT2D eigenvalue weighted by atomic mass is 32.2. The number of hydrogen-bond donors (Lipinski definition) is 5. The Morgan fingerprint density at radius 3 is 2.44 bits per heavy atom.